The van der Waals surface area contributed by atoms with Crippen molar-refractivity contribution >= 4 is 17.2 Å². The Bertz CT molecular complexity index is 597. The van der Waals surface area contributed by atoms with Crippen molar-refractivity contribution in [3.05, 3.63) is 17.5 Å². The van der Waals surface area contributed by atoms with Gasteiger partial charge in [-0.1, -0.05) is 6.07 Å². The van der Waals surface area contributed by atoms with Crippen molar-refractivity contribution in [2.75, 3.05) is 13.2 Å². The molecule has 1 saturated heterocycles. The molecule has 0 aromatic carbocycles. The van der Waals surface area contributed by atoms with Gasteiger partial charge in [0.15, 0.2) is 0 Å². The van der Waals surface area contributed by atoms with Gasteiger partial charge >= 0.3 is 0 Å². The number of carbonyl (C=O) groups is 1. The number of hydrogen-bond acceptors (Lipinski definition) is 6. The molecular formula is C13H17N5O2S. The molecule has 3 rings (SSSR count). The third kappa shape index (κ3) is 3.11. The van der Waals surface area contributed by atoms with Crippen LogP contribution in [-0.4, -0.2) is 55.3 Å². The number of thiophene rings is 1. The minimum atomic E-state index is -0.0773. The number of tetrazole rings is 1. The number of aromatic nitrogens is 4. The predicted octanol–water partition coefficient (Wildman–Crippen LogP) is 0.775. The molecule has 1 aliphatic heterocycles. The van der Waals surface area contributed by atoms with E-state index < -0.39 is 0 Å². The van der Waals surface area contributed by atoms with E-state index >= 15 is 0 Å². The Hall–Kier alpha value is -1.80. The Balaban J connectivity index is 1.67. The van der Waals surface area contributed by atoms with Crippen LogP contribution in [0.1, 0.15) is 19.3 Å². The molecule has 1 N–H and O–H groups in total. The first-order chi connectivity index (χ1) is 10.3. The molecule has 0 bridgehead atoms. The predicted molar refractivity (Wildman–Crippen MR) is 77.6 cm³/mol. The van der Waals surface area contributed by atoms with E-state index in [1.165, 1.54) is 16.1 Å². The average Bonchev–Trinajstić information content (AvgIpc) is 3.17. The highest BCUT2D eigenvalue weighted by atomic mass is 32.1. The van der Waals surface area contributed by atoms with E-state index in [4.69, 9.17) is 0 Å². The van der Waals surface area contributed by atoms with E-state index in [2.05, 4.69) is 15.4 Å². The zero-order valence-electron chi connectivity index (χ0n) is 11.6. The summed E-state index contributed by atoms with van der Waals surface area (Å²) in [4.78, 5) is 16.3. The lowest BCUT2D eigenvalue weighted by Crippen LogP contribution is -2.47. The molecule has 2 aromatic heterocycles. The second kappa shape index (κ2) is 6.31. The Kier molecular flexibility index (Phi) is 4.26. The smallest absolute Gasteiger partial charge is 0.246 e. The molecular weight excluding hydrogens is 290 g/mol. The van der Waals surface area contributed by atoms with Gasteiger partial charge in [0.05, 0.1) is 17.5 Å². The minimum absolute atomic E-state index is 0.0109. The Morgan fingerprint density at radius 2 is 2.38 bits per heavy atom. The summed E-state index contributed by atoms with van der Waals surface area (Å²) >= 11 is 1.53. The van der Waals surface area contributed by atoms with Gasteiger partial charge in [-0.25, -0.2) is 0 Å². The summed E-state index contributed by atoms with van der Waals surface area (Å²) in [6.07, 6.45) is 2.89. The number of aliphatic hydroxyl groups excluding tert-OH is 1. The molecule has 0 saturated carbocycles. The normalized spacial score (nSPS) is 18.9. The van der Waals surface area contributed by atoms with Crippen LogP contribution >= 0.6 is 11.3 Å². The number of likely N-dealkylation sites (tertiary alicyclic amines) is 1. The summed E-state index contributed by atoms with van der Waals surface area (Å²) in [5.74, 6) is 0.471. The third-order valence-corrected chi connectivity index (χ3v) is 4.50. The van der Waals surface area contributed by atoms with Crippen molar-refractivity contribution in [2.24, 2.45) is 0 Å². The van der Waals surface area contributed by atoms with E-state index in [1.807, 2.05) is 17.5 Å². The zero-order valence-corrected chi connectivity index (χ0v) is 12.4. The second-order valence-corrected chi connectivity index (χ2v) is 5.99. The molecule has 1 fully saturated rings. The zero-order chi connectivity index (χ0) is 14.7. The van der Waals surface area contributed by atoms with Crippen molar-refractivity contribution < 1.29 is 9.90 Å². The van der Waals surface area contributed by atoms with Gasteiger partial charge in [0.1, 0.15) is 6.54 Å². The van der Waals surface area contributed by atoms with E-state index in [0.717, 1.165) is 24.1 Å². The Morgan fingerprint density at radius 3 is 3.14 bits per heavy atom. The summed E-state index contributed by atoms with van der Waals surface area (Å²) in [6, 6.07) is 3.76. The molecule has 1 amide bonds. The Morgan fingerprint density at radius 1 is 1.48 bits per heavy atom. The van der Waals surface area contributed by atoms with Gasteiger partial charge in [-0.05, 0) is 35.9 Å². The lowest BCUT2D eigenvalue weighted by molar-refractivity contribution is -0.137. The highest BCUT2D eigenvalue weighted by Crippen LogP contribution is 2.20. The van der Waals surface area contributed by atoms with Gasteiger partial charge in [-0.2, -0.15) is 4.80 Å². The first kappa shape index (κ1) is 14.2. The number of nitrogens with zero attached hydrogens (tertiary/aromatic N) is 5. The summed E-state index contributed by atoms with van der Waals surface area (Å²) in [6.45, 7) is 0.766. The molecule has 0 aliphatic carbocycles. The molecule has 8 heteroatoms. The largest absolute Gasteiger partial charge is 0.394 e. The maximum atomic E-state index is 12.3. The van der Waals surface area contributed by atoms with Gasteiger partial charge < -0.3 is 10.0 Å². The molecule has 2 aromatic rings. The van der Waals surface area contributed by atoms with Crippen LogP contribution in [-0.2, 0) is 11.3 Å². The molecule has 1 unspecified atom stereocenters. The average molecular weight is 307 g/mol. The standard InChI is InChI=1S/C13H17N5O2S/c19-9-10-4-1-2-6-17(10)12(20)8-18-15-13(14-16-18)11-5-3-7-21-11/h3,5,7,10,19H,1-2,4,6,8-9H2. The minimum Gasteiger partial charge on any atom is -0.394 e. The van der Waals surface area contributed by atoms with E-state index in [0.29, 0.717) is 12.4 Å². The SMILES string of the molecule is O=C(Cn1nnc(-c2cccs2)n1)N1CCCCC1CO. The molecule has 7 nitrogen and oxygen atoms in total. The van der Waals surface area contributed by atoms with E-state index in [9.17, 15) is 9.90 Å². The lowest BCUT2D eigenvalue weighted by Gasteiger charge is -2.34. The van der Waals surface area contributed by atoms with Gasteiger partial charge in [0.2, 0.25) is 11.7 Å². The van der Waals surface area contributed by atoms with Crippen LogP contribution in [0.3, 0.4) is 0 Å². The fourth-order valence-corrected chi connectivity index (χ4v) is 3.19. The maximum Gasteiger partial charge on any atom is 0.246 e. The van der Waals surface area contributed by atoms with Gasteiger partial charge in [-0.3, -0.25) is 4.79 Å². The number of piperidine rings is 1. The summed E-state index contributed by atoms with van der Waals surface area (Å²) in [5.41, 5.74) is 0. The third-order valence-electron chi connectivity index (χ3n) is 3.63. The van der Waals surface area contributed by atoms with Crippen LogP contribution in [0.25, 0.3) is 10.7 Å². The van der Waals surface area contributed by atoms with Crippen molar-refractivity contribution in [1.82, 2.24) is 25.1 Å². The summed E-state index contributed by atoms with van der Waals surface area (Å²) < 4.78 is 0. The fraction of sp³-hybridized carbons (Fsp3) is 0.538. The van der Waals surface area contributed by atoms with Crippen LogP contribution < -0.4 is 0 Å². The molecule has 112 valence electrons. The van der Waals surface area contributed by atoms with Crippen molar-refractivity contribution in [3.8, 4) is 10.7 Å². The summed E-state index contributed by atoms with van der Waals surface area (Å²) in [5, 5.41) is 23.4. The van der Waals surface area contributed by atoms with E-state index in [1.54, 1.807) is 4.90 Å². The number of aliphatic hydroxyl groups is 1. The van der Waals surface area contributed by atoms with Crippen LogP contribution in [0.5, 0.6) is 0 Å². The first-order valence-electron chi connectivity index (χ1n) is 7.00. The molecule has 0 spiro atoms. The first-order valence-corrected chi connectivity index (χ1v) is 7.88. The molecule has 21 heavy (non-hydrogen) atoms. The number of amides is 1. The van der Waals surface area contributed by atoms with Crippen molar-refractivity contribution in [1.29, 1.82) is 0 Å². The quantitative estimate of drug-likeness (QED) is 0.902. The fourth-order valence-electron chi connectivity index (χ4n) is 2.55. The lowest BCUT2D eigenvalue weighted by atomic mass is 10.0. The molecule has 3 heterocycles. The van der Waals surface area contributed by atoms with E-state index in [-0.39, 0.29) is 25.1 Å². The summed E-state index contributed by atoms with van der Waals surface area (Å²) in [7, 11) is 0. The molecule has 1 atom stereocenters. The number of hydrogen-bond donors (Lipinski definition) is 1. The molecule has 0 radical (unpaired) electrons. The maximum absolute atomic E-state index is 12.3. The van der Waals surface area contributed by atoms with Crippen molar-refractivity contribution in [3.63, 3.8) is 0 Å². The second-order valence-electron chi connectivity index (χ2n) is 5.04. The highest BCUT2D eigenvalue weighted by molar-refractivity contribution is 7.13. The monoisotopic (exact) mass is 307 g/mol. The van der Waals surface area contributed by atoms with Crippen molar-refractivity contribution in [2.45, 2.75) is 31.8 Å². The van der Waals surface area contributed by atoms with Crippen LogP contribution in [0, 0.1) is 0 Å². The number of carbonyl (C=O) groups excluding carboxylic acids is 1. The number of rotatable bonds is 4. The van der Waals surface area contributed by atoms with Crippen LogP contribution in [0.15, 0.2) is 17.5 Å². The van der Waals surface area contributed by atoms with Crippen LogP contribution in [0.2, 0.25) is 0 Å². The topological polar surface area (TPSA) is 84.1 Å². The van der Waals surface area contributed by atoms with Gasteiger partial charge in [0, 0.05) is 6.54 Å². The van der Waals surface area contributed by atoms with Crippen LogP contribution in [0.4, 0.5) is 0 Å². The van der Waals surface area contributed by atoms with Gasteiger partial charge in [-0.15, -0.1) is 21.5 Å². The highest BCUT2D eigenvalue weighted by Gasteiger charge is 2.26. The Labute approximate surface area is 126 Å². The van der Waals surface area contributed by atoms with Gasteiger partial charge in [0.25, 0.3) is 0 Å². The molecule has 1 aliphatic rings.